The zero-order chi connectivity index (χ0) is 13.2. The van der Waals surface area contributed by atoms with Crippen LogP contribution in [0.25, 0.3) is 0 Å². The summed E-state index contributed by atoms with van der Waals surface area (Å²) in [5, 5.41) is 15.8. The Kier molecular flexibility index (Phi) is 7.13. The lowest BCUT2D eigenvalue weighted by atomic mass is 10.2. The number of nitrogens with zero attached hydrogens (tertiary/aromatic N) is 1. The highest BCUT2D eigenvalue weighted by Crippen LogP contribution is 2.14. The molecule has 0 amide bonds. The van der Waals surface area contributed by atoms with Crippen LogP contribution in [0.2, 0.25) is 0 Å². The quantitative estimate of drug-likeness (QED) is 0.625. The summed E-state index contributed by atoms with van der Waals surface area (Å²) in [5.74, 6) is 0. The van der Waals surface area contributed by atoms with Crippen LogP contribution < -0.4 is 10.6 Å². The number of methoxy groups -OCH3 is 1. The van der Waals surface area contributed by atoms with Gasteiger partial charge in [0.15, 0.2) is 0 Å². The lowest BCUT2D eigenvalue weighted by molar-refractivity contribution is 0.174. The summed E-state index contributed by atoms with van der Waals surface area (Å²) in [6.45, 7) is 3.75. The topological polar surface area (TPSA) is 66.4 Å². The number of anilines is 2. The van der Waals surface area contributed by atoms with Crippen LogP contribution in [-0.2, 0) is 4.74 Å². The predicted molar refractivity (Wildman–Crippen MR) is 74.0 cm³/mol. The molecule has 0 radical (unpaired) electrons. The normalized spacial score (nSPS) is 12.2. The van der Waals surface area contributed by atoms with Gasteiger partial charge >= 0.3 is 0 Å². The van der Waals surface area contributed by atoms with E-state index in [1.807, 2.05) is 6.07 Å². The van der Waals surface area contributed by atoms with Gasteiger partial charge in [-0.2, -0.15) is 0 Å². The molecule has 18 heavy (non-hydrogen) atoms. The molecule has 0 aliphatic heterocycles. The Balaban J connectivity index is 2.53. The average molecular weight is 253 g/mol. The molecular formula is C13H23N3O2. The van der Waals surface area contributed by atoms with Gasteiger partial charge in [-0.05, 0) is 18.9 Å². The zero-order valence-electron chi connectivity index (χ0n) is 11.1. The Labute approximate surface area is 109 Å². The maximum atomic E-state index is 9.27. The van der Waals surface area contributed by atoms with E-state index < -0.39 is 0 Å². The molecule has 0 saturated carbocycles. The second kappa shape index (κ2) is 8.72. The Morgan fingerprint density at radius 1 is 1.39 bits per heavy atom. The van der Waals surface area contributed by atoms with E-state index in [-0.39, 0.29) is 12.6 Å². The SMILES string of the molecule is CCCNc1cncc(NC(CO)CCOC)c1. The third-order valence-electron chi connectivity index (χ3n) is 2.58. The van der Waals surface area contributed by atoms with Crippen LogP contribution in [0.3, 0.4) is 0 Å². The van der Waals surface area contributed by atoms with Crippen LogP contribution >= 0.6 is 0 Å². The third kappa shape index (κ3) is 5.33. The van der Waals surface area contributed by atoms with Gasteiger partial charge < -0.3 is 20.5 Å². The van der Waals surface area contributed by atoms with E-state index in [4.69, 9.17) is 4.74 Å². The fourth-order valence-corrected chi connectivity index (χ4v) is 1.59. The molecular weight excluding hydrogens is 230 g/mol. The number of hydrogen-bond acceptors (Lipinski definition) is 5. The smallest absolute Gasteiger partial charge is 0.0633 e. The second-order valence-electron chi connectivity index (χ2n) is 4.19. The minimum atomic E-state index is -0.00632. The van der Waals surface area contributed by atoms with Gasteiger partial charge in [-0.15, -0.1) is 0 Å². The summed E-state index contributed by atoms with van der Waals surface area (Å²) >= 11 is 0. The summed E-state index contributed by atoms with van der Waals surface area (Å²) in [6, 6.07) is 1.99. The molecule has 0 spiro atoms. The van der Waals surface area contributed by atoms with Crippen molar-refractivity contribution in [3.8, 4) is 0 Å². The Bertz CT molecular complexity index is 334. The molecule has 0 bridgehead atoms. The first-order valence-electron chi connectivity index (χ1n) is 6.35. The predicted octanol–water partition coefficient (Wildman–Crippen LogP) is 1.71. The number of aliphatic hydroxyl groups is 1. The summed E-state index contributed by atoms with van der Waals surface area (Å²) in [6.07, 6.45) is 5.39. The molecule has 5 nitrogen and oxygen atoms in total. The van der Waals surface area contributed by atoms with Gasteiger partial charge in [-0.25, -0.2) is 0 Å². The zero-order valence-corrected chi connectivity index (χ0v) is 11.1. The number of ether oxygens (including phenoxy) is 1. The van der Waals surface area contributed by atoms with Gasteiger partial charge in [0.2, 0.25) is 0 Å². The Hall–Kier alpha value is -1.33. The minimum Gasteiger partial charge on any atom is -0.394 e. The molecule has 1 unspecified atom stereocenters. The summed E-state index contributed by atoms with van der Waals surface area (Å²) in [5.41, 5.74) is 1.90. The Morgan fingerprint density at radius 3 is 2.83 bits per heavy atom. The fourth-order valence-electron chi connectivity index (χ4n) is 1.59. The van der Waals surface area contributed by atoms with Crippen LogP contribution in [0.1, 0.15) is 19.8 Å². The van der Waals surface area contributed by atoms with Gasteiger partial charge in [0.05, 0.1) is 36.4 Å². The van der Waals surface area contributed by atoms with E-state index in [1.54, 1.807) is 19.5 Å². The Morgan fingerprint density at radius 2 is 2.17 bits per heavy atom. The first-order chi connectivity index (χ1) is 8.80. The molecule has 1 aromatic heterocycles. The van der Waals surface area contributed by atoms with Crippen molar-refractivity contribution in [2.75, 3.05) is 37.5 Å². The molecule has 0 aliphatic rings. The highest BCUT2D eigenvalue weighted by Gasteiger charge is 2.07. The number of aromatic nitrogens is 1. The van der Waals surface area contributed by atoms with Crippen molar-refractivity contribution in [2.24, 2.45) is 0 Å². The van der Waals surface area contributed by atoms with Gasteiger partial charge in [0.25, 0.3) is 0 Å². The standard InChI is InChI=1S/C13H23N3O2/c1-3-5-15-12-7-13(9-14-8-12)16-11(10-17)4-6-18-2/h7-9,11,15-17H,3-6,10H2,1-2H3. The molecule has 0 aromatic carbocycles. The molecule has 102 valence electrons. The summed E-state index contributed by atoms with van der Waals surface area (Å²) in [4.78, 5) is 4.17. The molecule has 3 N–H and O–H groups in total. The molecule has 0 fully saturated rings. The molecule has 5 heteroatoms. The van der Waals surface area contributed by atoms with Crippen molar-refractivity contribution in [3.05, 3.63) is 18.5 Å². The lowest BCUT2D eigenvalue weighted by Gasteiger charge is -2.17. The van der Waals surface area contributed by atoms with Crippen molar-refractivity contribution >= 4 is 11.4 Å². The van der Waals surface area contributed by atoms with Gasteiger partial charge in [0.1, 0.15) is 0 Å². The van der Waals surface area contributed by atoms with Crippen molar-refractivity contribution in [1.82, 2.24) is 4.98 Å². The van der Waals surface area contributed by atoms with Gasteiger partial charge in [-0.1, -0.05) is 6.92 Å². The third-order valence-corrected chi connectivity index (χ3v) is 2.58. The second-order valence-corrected chi connectivity index (χ2v) is 4.19. The molecule has 1 aromatic rings. The van der Waals surface area contributed by atoms with Crippen LogP contribution in [-0.4, -0.2) is 43.0 Å². The fraction of sp³-hybridized carbons (Fsp3) is 0.615. The van der Waals surface area contributed by atoms with Crippen molar-refractivity contribution in [2.45, 2.75) is 25.8 Å². The molecule has 1 atom stereocenters. The summed E-state index contributed by atoms with van der Waals surface area (Å²) < 4.78 is 5.01. The average Bonchev–Trinajstić information content (AvgIpc) is 2.41. The van der Waals surface area contributed by atoms with Crippen LogP contribution in [0.5, 0.6) is 0 Å². The number of aliphatic hydroxyl groups excluding tert-OH is 1. The summed E-state index contributed by atoms with van der Waals surface area (Å²) in [7, 11) is 1.66. The van der Waals surface area contributed by atoms with Gasteiger partial charge in [0, 0.05) is 20.3 Å². The maximum Gasteiger partial charge on any atom is 0.0633 e. The number of nitrogens with one attached hydrogen (secondary N) is 2. The van der Waals surface area contributed by atoms with Crippen molar-refractivity contribution in [3.63, 3.8) is 0 Å². The monoisotopic (exact) mass is 253 g/mol. The first kappa shape index (κ1) is 14.7. The van der Waals surface area contributed by atoms with E-state index in [0.717, 1.165) is 30.8 Å². The number of hydrogen-bond donors (Lipinski definition) is 3. The van der Waals surface area contributed by atoms with E-state index in [1.165, 1.54) is 0 Å². The highest BCUT2D eigenvalue weighted by atomic mass is 16.5. The molecule has 0 saturated heterocycles. The van der Waals surface area contributed by atoms with E-state index >= 15 is 0 Å². The van der Waals surface area contributed by atoms with Crippen LogP contribution in [0, 0.1) is 0 Å². The highest BCUT2D eigenvalue weighted by molar-refractivity contribution is 5.54. The van der Waals surface area contributed by atoms with Crippen molar-refractivity contribution in [1.29, 1.82) is 0 Å². The van der Waals surface area contributed by atoms with Crippen LogP contribution in [0.4, 0.5) is 11.4 Å². The maximum absolute atomic E-state index is 9.27. The molecule has 1 heterocycles. The lowest BCUT2D eigenvalue weighted by Crippen LogP contribution is -2.25. The number of rotatable bonds is 9. The van der Waals surface area contributed by atoms with Crippen LogP contribution in [0.15, 0.2) is 18.5 Å². The minimum absolute atomic E-state index is 0.00632. The molecule has 0 aliphatic carbocycles. The van der Waals surface area contributed by atoms with Gasteiger partial charge in [-0.3, -0.25) is 4.98 Å². The van der Waals surface area contributed by atoms with E-state index in [2.05, 4.69) is 22.5 Å². The van der Waals surface area contributed by atoms with E-state index in [9.17, 15) is 5.11 Å². The van der Waals surface area contributed by atoms with E-state index in [0.29, 0.717) is 6.61 Å². The molecule has 1 rings (SSSR count). The number of pyridine rings is 1. The van der Waals surface area contributed by atoms with Crippen molar-refractivity contribution < 1.29 is 9.84 Å². The first-order valence-corrected chi connectivity index (χ1v) is 6.35. The largest absolute Gasteiger partial charge is 0.394 e.